The monoisotopic (exact) mass is 371 g/mol. The van der Waals surface area contributed by atoms with Crippen molar-refractivity contribution in [3.8, 4) is 6.07 Å². The fourth-order valence-corrected chi connectivity index (χ4v) is 4.53. The average Bonchev–Trinajstić information content (AvgIpc) is 3.01. The van der Waals surface area contributed by atoms with Crippen LogP contribution in [0.15, 0.2) is 36.7 Å². The van der Waals surface area contributed by atoms with Crippen molar-refractivity contribution in [1.29, 1.82) is 5.26 Å². The smallest absolute Gasteiger partial charge is 0.274 e. The minimum atomic E-state index is -3.07. The fraction of sp³-hybridized carbons (Fsp3) is 0.294. The molecule has 3 rings (SSSR count). The standard InChI is InChI=1S/C17H17N5O3S/c1-22(13-6-7-26(24,25)11-13)17(23)15-9-20-16(10-19-15)21-14-5-3-2-4-12(14)8-18/h2-5,9-10,13H,6-7,11H2,1H3,(H,20,21). The van der Waals surface area contributed by atoms with Gasteiger partial charge in [0.2, 0.25) is 0 Å². The summed E-state index contributed by atoms with van der Waals surface area (Å²) in [7, 11) is -1.50. The number of rotatable bonds is 4. The van der Waals surface area contributed by atoms with Crippen molar-refractivity contribution in [1.82, 2.24) is 14.9 Å². The zero-order valence-electron chi connectivity index (χ0n) is 14.1. The second kappa shape index (κ2) is 7.09. The lowest BCUT2D eigenvalue weighted by Gasteiger charge is -2.22. The molecule has 134 valence electrons. The summed E-state index contributed by atoms with van der Waals surface area (Å²) >= 11 is 0. The Morgan fingerprint density at radius 3 is 2.69 bits per heavy atom. The molecule has 1 aromatic heterocycles. The summed E-state index contributed by atoms with van der Waals surface area (Å²) in [4.78, 5) is 22.2. The van der Waals surface area contributed by atoms with Gasteiger partial charge in [0.25, 0.3) is 5.91 Å². The highest BCUT2D eigenvalue weighted by atomic mass is 32.2. The minimum absolute atomic E-state index is 0.0206. The highest BCUT2D eigenvalue weighted by Gasteiger charge is 2.33. The molecule has 1 aliphatic heterocycles. The van der Waals surface area contributed by atoms with Gasteiger partial charge in [0.05, 0.1) is 35.2 Å². The Balaban J connectivity index is 1.71. The number of nitriles is 1. The molecule has 1 unspecified atom stereocenters. The number of hydrogen-bond donors (Lipinski definition) is 1. The van der Waals surface area contributed by atoms with Gasteiger partial charge in [-0.2, -0.15) is 5.26 Å². The van der Waals surface area contributed by atoms with Crippen LogP contribution >= 0.6 is 0 Å². The molecule has 0 saturated carbocycles. The van der Waals surface area contributed by atoms with E-state index in [4.69, 9.17) is 5.26 Å². The number of anilines is 2. The Labute approximate surface area is 151 Å². The van der Waals surface area contributed by atoms with Crippen molar-refractivity contribution >= 4 is 27.2 Å². The number of amides is 1. The van der Waals surface area contributed by atoms with Gasteiger partial charge in [-0.15, -0.1) is 0 Å². The van der Waals surface area contributed by atoms with Crippen LogP contribution in [0.1, 0.15) is 22.5 Å². The van der Waals surface area contributed by atoms with Crippen LogP contribution in [0.25, 0.3) is 0 Å². The molecule has 26 heavy (non-hydrogen) atoms. The Hall–Kier alpha value is -2.99. The molecule has 1 N–H and O–H groups in total. The van der Waals surface area contributed by atoms with E-state index in [0.717, 1.165) is 0 Å². The van der Waals surface area contributed by atoms with Crippen LogP contribution in [0.3, 0.4) is 0 Å². The quantitative estimate of drug-likeness (QED) is 0.862. The first-order chi connectivity index (χ1) is 12.4. The SMILES string of the molecule is CN(C(=O)c1cnc(Nc2ccccc2C#N)cn1)C1CCS(=O)(=O)C1. The van der Waals surface area contributed by atoms with Crippen molar-refractivity contribution in [3.63, 3.8) is 0 Å². The van der Waals surface area contributed by atoms with E-state index in [0.29, 0.717) is 23.5 Å². The number of para-hydroxylation sites is 1. The Kier molecular flexibility index (Phi) is 4.86. The van der Waals surface area contributed by atoms with Crippen molar-refractivity contribution in [2.45, 2.75) is 12.5 Å². The van der Waals surface area contributed by atoms with Crippen LogP contribution in [0, 0.1) is 11.3 Å². The van der Waals surface area contributed by atoms with Crippen molar-refractivity contribution < 1.29 is 13.2 Å². The number of aromatic nitrogens is 2. The molecule has 9 heteroatoms. The third-order valence-corrected chi connectivity index (χ3v) is 6.01. The number of nitrogens with zero attached hydrogens (tertiary/aromatic N) is 4. The van der Waals surface area contributed by atoms with Gasteiger partial charge >= 0.3 is 0 Å². The van der Waals surface area contributed by atoms with Crippen molar-refractivity contribution in [2.24, 2.45) is 0 Å². The summed E-state index contributed by atoms with van der Waals surface area (Å²) in [5, 5.41) is 12.1. The molecule has 2 heterocycles. The predicted molar refractivity (Wildman–Crippen MR) is 95.6 cm³/mol. The minimum Gasteiger partial charge on any atom is -0.338 e. The molecule has 2 aromatic rings. The van der Waals surface area contributed by atoms with E-state index >= 15 is 0 Å². The van der Waals surface area contributed by atoms with E-state index in [1.54, 1.807) is 31.3 Å². The molecule has 0 spiro atoms. The van der Waals surface area contributed by atoms with E-state index in [2.05, 4.69) is 21.4 Å². The summed E-state index contributed by atoms with van der Waals surface area (Å²) < 4.78 is 23.2. The van der Waals surface area contributed by atoms with Crippen molar-refractivity contribution in [3.05, 3.63) is 47.9 Å². The summed E-state index contributed by atoms with van der Waals surface area (Å²) in [5.74, 6) is 0.106. The molecule has 1 fully saturated rings. The topological polar surface area (TPSA) is 116 Å². The first-order valence-electron chi connectivity index (χ1n) is 7.95. The van der Waals surface area contributed by atoms with Crippen LogP contribution in [-0.4, -0.2) is 53.8 Å². The van der Waals surface area contributed by atoms with Crippen LogP contribution in [0.5, 0.6) is 0 Å². The molecule has 1 amide bonds. The van der Waals surface area contributed by atoms with Crippen LogP contribution in [-0.2, 0) is 9.84 Å². The largest absolute Gasteiger partial charge is 0.338 e. The van der Waals surface area contributed by atoms with E-state index in [-0.39, 0.29) is 29.1 Å². The zero-order chi connectivity index (χ0) is 18.7. The van der Waals surface area contributed by atoms with Gasteiger partial charge in [-0.25, -0.2) is 18.4 Å². The molecule has 1 atom stereocenters. The normalized spacial score (nSPS) is 18.1. The Bertz CT molecular complexity index is 967. The predicted octanol–water partition coefficient (Wildman–Crippen LogP) is 1.35. The van der Waals surface area contributed by atoms with E-state index in [9.17, 15) is 13.2 Å². The second-order valence-corrected chi connectivity index (χ2v) is 8.27. The highest BCUT2D eigenvalue weighted by molar-refractivity contribution is 7.91. The van der Waals surface area contributed by atoms with E-state index in [1.165, 1.54) is 17.3 Å². The van der Waals surface area contributed by atoms with Crippen LogP contribution in [0.2, 0.25) is 0 Å². The molecular formula is C17H17N5O3S. The first-order valence-corrected chi connectivity index (χ1v) is 9.77. The summed E-state index contributed by atoms with van der Waals surface area (Å²) in [6.45, 7) is 0. The summed E-state index contributed by atoms with van der Waals surface area (Å²) in [5.41, 5.74) is 1.20. The zero-order valence-corrected chi connectivity index (χ0v) is 14.9. The number of nitrogens with one attached hydrogen (secondary N) is 1. The third-order valence-electron chi connectivity index (χ3n) is 4.26. The highest BCUT2D eigenvalue weighted by Crippen LogP contribution is 2.20. The molecule has 1 saturated heterocycles. The van der Waals surface area contributed by atoms with Gasteiger partial charge in [-0.1, -0.05) is 12.1 Å². The van der Waals surface area contributed by atoms with Gasteiger partial charge in [0.1, 0.15) is 17.6 Å². The summed E-state index contributed by atoms with van der Waals surface area (Å²) in [6, 6.07) is 8.71. The fourth-order valence-electron chi connectivity index (χ4n) is 2.76. The number of carbonyl (C=O) groups excluding carboxylic acids is 1. The Morgan fingerprint density at radius 2 is 2.08 bits per heavy atom. The van der Waals surface area contributed by atoms with Crippen LogP contribution in [0.4, 0.5) is 11.5 Å². The number of benzene rings is 1. The molecular weight excluding hydrogens is 354 g/mol. The maximum absolute atomic E-state index is 12.5. The Morgan fingerprint density at radius 1 is 1.31 bits per heavy atom. The van der Waals surface area contributed by atoms with Gasteiger partial charge in [0.15, 0.2) is 9.84 Å². The molecule has 8 nitrogen and oxygen atoms in total. The lowest BCUT2D eigenvalue weighted by Crippen LogP contribution is -2.38. The molecule has 0 radical (unpaired) electrons. The number of sulfone groups is 1. The lowest BCUT2D eigenvalue weighted by atomic mass is 10.2. The van der Waals surface area contributed by atoms with E-state index in [1.807, 2.05) is 0 Å². The summed E-state index contributed by atoms with van der Waals surface area (Å²) in [6.07, 6.45) is 3.17. The molecule has 0 bridgehead atoms. The lowest BCUT2D eigenvalue weighted by molar-refractivity contribution is 0.0741. The van der Waals surface area contributed by atoms with Crippen molar-refractivity contribution in [2.75, 3.05) is 23.9 Å². The van der Waals surface area contributed by atoms with Gasteiger partial charge in [0, 0.05) is 13.1 Å². The molecule has 1 aliphatic rings. The number of hydrogen-bond acceptors (Lipinski definition) is 7. The van der Waals surface area contributed by atoms with Gasteiger partial charge < -0.3 is 10.2 Å². The van der Waals surface area contributed by atoms with E-state index < -0.39 is 9.84 Å². The first kappa shape index (κ1) is 17.8. The van der Waals surface area contributed by atoms with Crippen LogP contribution < -0.4 is 5.32 Å². The maximum Gasteiger partial charge on any atom is 0.274 e. The third kappa shape index (κ3) is 3.81. The van der Waals surface area contributed by atoms with Gasteiger partial charge in [-0.3, -0.25) is 4.79 Å². The maximum atomic E-state index is 12.5. The van der Waals surface area contributed by atoms with Gasteiger partial charge in [-0.05, 0) is 18.6 Å². The second-order valence-electron chi connectivity index (χ2n) is 6.04. The molecule has 1 aromatic carbocycles. The average molecular weight is 371 g/mol. The number of carbonyl (C=O) groups is 1. The molecule has 0 aliphatic carbocycles.